The second kappa shape index (κ2) is 14.2. The van der Waals surface area contributed by atoms with E-state index in [2.05, 4.69) is 59.2 Å². The zero-order valence-corrected chi connectivity index (χ0v) is 28.7. The molecule has 0 saturated carbocycles. The Morgan fingerprint density at radius 1 is 0.720 bits per heavy atom. The standard InChI is InChI=1S/C42H46F2N2O4/c1-2-42(37(36-7-3-5-9-39(36)50-42)27-46-23-19-34(20-24-46)49-40-10-6-4-8-38(40)44)30-11-16-35-29(28-47-41(35)25-30)26-45-21-17-33(18-22-45)48-32-14-12-31(43)13-15-32/h3-16,25,29,33-34,37H,2,17-24,26-28H2,1H3. The van der Waals surface area contributed by atoms with Crippen LogP contribution in [0.25, 0.3) is 0 Å². The number of nitrogens with zero attached hydrogens (tertiary/aromatic N) is 2. The van der Waals surface area contributed by atoms with Gasteiger partial charge in [0.15, 0.2) is 11.6 Å². The molecule has 0 bridgehead atoms. The zero-order chi connectivity index (χ0) is 34.1. The molecule has 0 aliphatic carbocycles. The molecule has 6 nitrogen and oxygen atoms in total. The molecule has 0 aromatic heterocycles. The molecule has 262 valence electrons. The highest BCUT2D eigenvalue weighted by Gasteiger charge is 2.49. The minimum absolute atomic E-state index is 0.00845. The Labute approximate surface area is 293 Å². The van der Waals surface area contributed by atoms with Gasteiger partial charge in [-0.05, 0) is 86.2 Å². The van der Waals surface area contributed by atoms with E-state index in [1.54, 1.807) is 24.3 Å². The van der Waals surface area contributed by atoms with Crippen LogP contribution in [-0.2, 0) is 5.60 Å². The summed E-state index contributed by atoms with van der Waals surface area (Å²) in [6.45, 7) is 8.45. The summed E-state index contributed by atoms with van der Waals surface area (Å²) in [7, 11) is 0. The Balaban J connectivity index is 0.930. The lowest BCUT2D eigenvalue weighted by Gasteiger charge is -2.39. The first-order chi connectivity index (χ1) is 24.5. The average Bonchev–Trinajstić information content (AvgIpc) is 3.70. The Hall–Kier alpha value is -4.14. The summed E-state index contributed by atoms with van der Waals surface area (Å²) in [5.41, 5.74) is 3.18. The van der Waals surface area contributed by atoms with Crippen molar-refractivity contribution in [3.05, 3.63) is 119 Å². The van der Waals surface area contributed by atoms with E-state index in [0.717, 1.165) is 94.2 Å². The monoisotopic (exact) mass is 680 g/mol. The van der Waals surface area contributed by atoms with Crippen LogP contribution in [0, 0.1) is 11.6 Å². The lowest BCUT2D eigenvalue weighted by atomic mass is 9.76. The summed E-state index contributed by atoms with van der Waals surface area (Å²) in [5, 5.41) is 0. The molecule has 4 aliphatic heterocycles. The normalized spacial score (nSPS) is 24.3. The van der Waals surface area contributed by atoms with Crippen LogP contribution >= 0.6 is 0 Å². The van der Waals surface area contributed by atoms with Crippen molar-refractivity contribution in [2.24, 2.45) is 0 Å². The minimum atomic E-state index is -0.507. The molecule has 3 atom stereocenters. The van der Waals surface area contributed by atoms with E-state index in [9.17, 15) is 8.78 Å². The summed E-state index contributed by atoms with van der Waals surface area (Å²) >= 11 is 0. The smallest absolute Gasteiger partial charge is 0.165 e. The predicted molar refractivity (Wildman–Crippen MR) is 189 cm³/mol. The maximum atomic E-state index is 14.2. The van der Waals surface area contributed by atoms with E-state index in [4.69, 9.17) is 18.9 Å². The second-order valence-electron chi connectivity index (χ2n) is 14.3. The molecule has 0 amide bonds. The zero-order valence-electron chi connectivity index (χ0n) is 28.7. The third kappa shape index (κ3) is 6.68. The predicted octanol–water partition coefficient (Wildman–Crippen LogP) is 8.31. The van der Waals surface area contributed by atoms with Gasteiger partial charge in [0.1, 0.15) is 40.9 Å². The number of likely N-dealkylation sites (tertiary alicyclic amines) is 2. The topological polar surface area (TPSA) is 43.4 Å². The molecule has 8 heteroatoms. The molecule has 0 radical (unpaired) electrons. The van der Waals surface area contributed by atoms with Gasteiger partial charge in [0, 0.05) is 62.2 Å². The highest BCUT2D eigenvalue weighted by atomic mass is 19.1. The van der Waals surface area contributed by atoms with Crippen LogP contribution in [0.5, 0.6) is 23.0 Å². The summed E-state index contributed by atoms with van der Waals surface area (Å²) in [6.07, 6.45) is 4.60. The second-order valence-corrected chi connectivity index (χ2v) is 14.3. The van der Waals surface area contributed by atoms with Gasteiger partial charge in [0.2, 0.25) is 0 Å². The van der Waals surface area contributed by atoms with Crippen molar-refractivity contribution in [3.63, 3.8) is 0 Å². The van der Waals surface area contributed by atoms with Gasteiger partial charge in [-0.25, -0.2) is 8.78 Å². The van der Waals surface area contributed by atoms with Crippen molar-refractivity contribution in [2.75, 3.05) is 45.9 Å². The van der Waals surface area contributed by atoms with E-state index in [1.165, 1.54) is 29.3 Å². The number of rotatable bonds is 10. The van der Waals surface area contributed by atoms with E-state index in [0.29, 0.717) is 18.3 Å². The molecular formula is C42H46F2N2O4. The number of para-hydroxylation sites is 2. The van der Waals surface area contributed by atoms with Crippen LogP contribution in [-0.4, -0.2) is 67.9 Å². The van der Waals surface area contributed by atoms with Crippen molar-refractivity contribution < 1.29 is 27.7 Å². The molecule has 4 aromatic rings. The van der Waals surface area contributed by atoms with Crippen LogP contribution < -0.4 is 18.9 Å². The number of fused-ring (bicyclic) bond motifs is 2. The van der Waals surface area contributed by atoms with Gasteiger partial charge in [-0.1, -0.05) is 49.4 Å². The number of halogens is 2. The third-order valence-corrected chi connectivity index (χ3v) is 11.3. The first kappa shape index (κ1) is 33.0. The summed E-state index contributed by atoms with van der Waals surface area (Å²) in [5.74, 6) is 2.93. The number of hydrogen-bond donors (Lipinski definition) is 0. The molecule has 50 heavy (non-hydrogen) atoms. The molecular weight excluding hydrogens is 634 g/mol. The molecule has 4 heterocycles. The Morgan fingerprint density at radius 3 is 2.14 bits per heavy atom. The minimum Gasteiger partial charge on any atom is -0.493 e. The molecule has 8 rings (SSSR count). The maximum Gasteiger partial charge on any atom is 0.165 e. The fourth-order valence-electron chi connectivity index (χ4n) is 8.51. The average molecular weight is 681 g/mol. The van der Waals surface area contributed by atoms with Gasteiger partial charge in [0.05, 0.1) is 6.61 Å². The molecule has 4 aromatic carbocycles. The number of benzene rings is 4. The van der Waals surface area contributed by atoms with E-state index in [-0.39, 0.29) is 29.8 Å². The number of ether oxygens (including phenoxy) is 4. The van der Waals surface area contributed by atoms with Gasteiger partial charge in [0.25, 0.3) is 0 Å². The van der Waals surface area contributed by atoms with Crippen LogP contribution in [0.3, 0.4) is 0 Å². The Bertz CT molecular complexity index is 1770. The number of piperidine rings is 2. The molecule has 0 spiro atoms. The first-order valence-corrected chi connectivity index (χ1v) is 18.3. The third-order valence-electron chi connectivity index (χ3n) is 11.3. The summed E-state index contributed by atoms with van der Waals surface area (Å²) < 4.78 is 53.1. The van der Waals surface area contributed by atoms with Crippen molar-refractivity contribution >= 4 is 0 Å². The van der Waals surface area contributed by atoms with Gasteiger partial charge in [-0.3, -0.25) is 0 Å². The van der Waals surface area contributed by atoms with Crippen molar-refractivity contribution in [1.82, 2.24) is 9.80 Å². The Kier molecular flexibility index (Phi) is 9.40. The molecule has 2 saturated heterocycles. The number of hydrogen-bond acceptors (Lipinski definition) is 6. The molecule has 3 unspecified atom stereocenters. The van der Waals surface area contributed by atoms with Crippen LogP contribution in [0.15, 0.2) is 91.0 Å². The quantitative estimate of drug-likeness (QED) is 0.168. The van der Waals surface area contributed by atoms with Gasteiger partial charge >= 0.3 is 0 Å². The van der Waals surface area contributed by atoms with E-state index < -0.39 is 5.60 Å². The SMILES string of the molecule is CCC1(c2ccc3c(c2)OCC3CN2CCC(Oc3ccc(F)cc3)CC2)Oc2ccccc2C1CN1CCC(Oc2ccccc2F)CC1. The van der Waals surface area contributed by atoms with Gasteiger partial charge < -0.3 is 28.7 Å². The highest BCUT2D eigenvalue weighted by Crippen LogP contribution is 2.54. The van der Waals surface area contributed by atoms with Gasteiger partial charge in [-0.2, -0.15) is 0 Å². The van der Waals surface area contributed by atoms with Crippen LogP contribution in [0.4, 0.5) is 8.78 Å². The largest absolute Gasteiger partial charge is 0.493 e. The van der Waals surface area contributed by atoms with Crippen molar-refractivity contribution in [2.45, 2.75) is 68.7 Å². The summed E-state index contributed by atoms with van der Waals surface area (Å²) in [6, 6.07) is 28.3. The van der Waals surface area contributed by atoms with Gasteiger partial charge in [-0.15, -0.1) is 0 Å². The highest BCUT2D eigenvalue weighted by molar-refractivity contribution is 5.51. The van der Waals surface area contributed by atoms with Crippen LogP contribution in [0.1, 0.15) is 67.6 Å². The first-order valence-electron chi connectivity index (χ1n) is 18.3. The van der Waals surface area contributed by atoms with Crippen molar-refractivity contribution in [3.8, 4) is 23.0 Å². The fraction of sp³-hybridized carbons (Fsp3) is 0.429. The summed E-state index contributed by atoms with van der Waals surface area (Å²) in [4.78, 5) is 5.04. The van der Waals surface area contributed by atoms with Crippen LogP contribution in [0.2, 0.25) is 0 Å². The van der Waals surface area contributed by atoms with E-state index in [1.807, 2.05) is 6.07 Å². The molecule has 2 fully saturated rings. The maximum absolute atomic E-state index is 14.2. The van der Waals surface area contributed by atoms with Crippen molar-refractivity contribution in [1.29, 1.82) is 0 Å². The lowest BCUT2D eigenvalue weighted by Crippen LogP contribution is -2.45. The fourth-order valence-corrected chi connectivity index (χ4v) is 8.51. The molecule has 4 aliphatic rings. The van der Waals surface area contributed by atoms with E-state index >= 15 is 0 Å². The Morgan fingerprint density at radius 2 is 1.40 bits per heavy atom. The lowest BCUT2D eigenvalue weighted by molar-refractivity contribution is 0.0327. The molecule has 0 N–H and O–H groups in total.